The van der Waals surface area contributed by atoms with E-state index < -0.39 is 0 Å². The number of thiazole rings is 1. The van der Waals surface area contributed by atoms with Gasteiger partial charge in [0.15, 0.2) is 5.13 Å². The topological polar surface area (TPSA) is 54.9 Å². The van der Waals surface area contributed by atoms with Crippen molar-refractivity contribution in [3.8, 4) is 5.75 Å². The highest BCUT2D eigenvalue weighted by Gasteiger charge is 2.23. The van der Waals surface area contributed by atoms with Crippen LogP contribution < -0.4 is 9.64 Å². The summed E-state index contributed by atoms with van der Waals surface area (Å²) in [6.45, 7) is 4.61. The fourth-order valence-electron chi connectivity index (χ4n) is 3.24. The number of rotatable bonds is 6. The Kier molecular flexibility index (Phi) is 6.44. The van der Waals surface area contributed by atoms with E-state index in [-0.39, 0.29) is 5.91 Å². The Morgan fingerprint density at radius 1 is 1.24 bits per heavy atom. The van der Waals surface area contributed by atoms with E-state index in [1.165, 1.54) is 11.3 Å². The zero-order valence-electron chi connectivity index (χ0n) is 16.1. The Morgan fingerprint density at radius 3 is 2.72 bits per heavy atom. The molecule has 6 nitrogen and oxygen atoms in total. The van der Waals surface area contributed by atoms with E-state index in [1.807, 2.05) is 42.5 Å². The third-order valence-corrected chi connectivity index (χ3v) is 6.48. The molecule has 2 aromatic carbocycles. The maximum Gasteiger partial charge on any atom is 0.260 e. The summed E-state index contributed by atoms with van der Waals surface area (Å²) < 4.78 is 12.7. The molecule has 1 aliphatic heterocycles. The molecule has 4 rings (SSSR count). The highest BCUT2D eigenvalue weighted by molar-refractivity contribution is 9.10. The van der Waals surface area contributed by atoms with Gasteiger partial charge in [0.05, 0.1) is 30.5 Å². The third-order valence-electron chi connectivity index (χ3n) is 4.89. The maximum atomic E-state index is 13.3. The van der Waals surface area contributed by atoms with E-state index in [2.05, 4.69) is 20.8 Å². The number of morpholine rings is 1. The lowest BCUT2D eigenvalue weighted by Gasteiger charge is -2.29. The molecule has 0 radical (unpaired) electrons. The van der Waals surface area contributed by atoms with E-state index in [4.69, 9.17) is 14.5 Å². The van der Waals surface area contributed by atoms with Crippen molar-refractivity contribution >= 4 is 48.5 Å². The summed E-state index contributed by atoms with van der Waals surface area (Å²) in [5.41, 5.74) is 1.48. The first kappa shape index (κ1) is 20.3. The van der Waals surface area contributed by atoms with E-state index in [0.29, 0.717) is 17.2 Å². The summed E-state index contributed by atoms with van der Waals surface area (Å²) >= 11 is 4.95. The number of aromatic nitrogens is 1. The van der Waals surface area contributed by atoms with Crippen molar-refractivity contribution in [1.29, 1.82) is 0 Å². The fourth-order valence-corrected chi connectivity index (χ4v) is 4.47. The maximum absolute atomic E-state index is 13.3. The lowest BCUT2D eigenvalue weighted by Crippen LogP contribution is -2.43. The number of fused-ring (bicyclic) bond motifs is 1. The number of halogens is 1. The van der Waals surface area contributed by atoms with Crippen LogP contribution in [0.3, 0.4) is 0 Å². The highest BCUT2D eigenvalue weighted by Crippen LogP contribution is 2.32. The molecule has 2 heterocycles. The highest BCUT2D eigenvalue weighted by atomic mass is 79.9. The SMILES string of the molecule is COc1ccc2sc(N(CCN3CCOCC3)C(=O)c3ccc(Br)cc3)nc2c1. The number of anilines is 1. The van der Waals surface area contributed by atoms with Crippen molar-refractivity contribution in [1.82, 2.24) is 9.88 Å². The van der Waals surface area contributed by atoms with E-state index in [0.717, 1.165) is 53.3 Å². The molecule has 0 unspecified atom stereocenters. The summed E-state index contributed by atoms with van der Waals surface area (Å²) in [6, 6.07) is 13.3. The molecule has 3 aromatic rings. The summed E-state index contributed by atoms with van der Waals surface area (Å²) in [7, 11) is 1.64. The van der Waals surface area contributed by atoms with Gasteiger partial charge in [-0.05, 0) is 36.4 Å². The summed E-state index contributed by atoms with van der Waals surface area (Å²) in [5, 5.41) is 0.703. The van der Waals surface area contributed by atoms with Crippen molar-refractivity contribution < 1.29 is 14.3 Å². The van der Waals surface area contributed by atoms with Gasteiger partial charge in [-0.1, -0.05) is 27.3 Å². The van der Waals surface area contributed by atoms with Crippen LogP contribution >= 0.6 is 27.3 Å². The largest absolute Gasteiger partial charge is 0.497 e. The first-order valence-electron chi connectivity index (χ1n) is 9.46. The van der Waals surface area contributed by atoms with E-state index >= 15 is 0 Å². The molecule has 0 aliphatic carbocycles. The van der Waals surface area contributed by atoms with Crippen molar-refractivity contribution in [2.45, 2.75) is 0 Å². The van der Waals surface area contributed by atoms with Crippen LogP contribution in [0.15, 0.2) is 46.9 Å². The molecule has 1 aromatic heterocycles. The quantitative estimate of drug-likeness (QED) is 0.538. The van der Waals surface area contributed by atoms with Gasteiger partial charge in [-0.25, -0.2) is 4.98 Å². The number of amides is 1. The molecule has 8 heteroatoms. The predicted octanol–water partition coefficient (Wildman–Crippen LogP) is 4.05. The Balaban J connectivity index is 1.63. The second kappa shape index (κ2) is 9.21. The molecule has 0 saturated carbocycles. The summed E-state index contributed by atoms with van der Waals surface area (Å²) in [4.78, 5) is 22.2. The van der Waals surface area contributed by atoms with Gasteiger partial charge in [0, 0.05) is 42.3 Å². The molecule has 1 saturated heterocycles. The molecule has 1 aliphatic rings. The molecule has 1 amide bonds. The second-order valence-electron chi connectivity index (χ2n) is 6.75. The van der Waals surface area contributed by atoms with E-state index in [1.54, 1.807) is 12.0 Å². The number of hydrogen-bond donors (Lipinski definition) is 0. The van der Waals surface area contributed by atoms with Crippen molar-refractivity contribution in [3.63, 3.8) is 0 Å². The van der Waals surface area contributed by atoms with Crippen LogP contribution in [0.2, 0.25) is 0 Å². The summed E-state index contributed by atoms with van der Waals surface area (Å²) in [5.74, 6) is 0.713. The monoisotopic (exact) mass is 475 g/mol. The molecule has 0 bridgehead atoms. The van der Waals surface area contributed by atoms with E-state index in [9.17, 15) is 4.79 Å². The minimum atomic E-state index is -0.0446. The van der Waals surface area contributed by atoms with Gasteiger partial charge in [-0.3, -0.25) is 14.6 Å². The number of carbonyl (C=O) groups is 1. The Labute approximate surface area is 182 Å². The number of ether oxygens (including phenoxy) is 2. The van der Waals surface area contributed by atoms with Crippen LogP contribution in [0.25, 0.3) is 10.2 Å². The second-order valence-corrected chi connectivity index (χ2v) is 8.67. The van der Waals surface area contributed by atoms with Crippen LogP contribution in [-0.2, 0) is 4.74 Å². The van der Waals surface area contributed by atoms with Gasteiger partial charge in [-0.2, -0.15) is 0 Å². The zero-order chi connectivity index (χ0) is 20.2. The Morgan fingerprint density at radius 2 is 2.00 bits per heavy atom. The smallest absolute Gasteiger partial charge is 0.260 e. The van der Waals surface area contributed by atoms with Crippen LogP contribution in [0.4, 0.5) is 5.13 Å². The van der Waals surface area contributed by atoms with Crippen LogP contribution in [0, 0.1) is 0 Å². The minimum absolute atomic E-state index is 0.0446. The van der Waals surface area contributed by atoms with Gasteiger partial charge >= 0.3 is 0 Å². The van der Waals surface area contributed by atoms with Crippen LogP contribution in [0.1, 0.15) is 10.4 Å². The first-order chi connectivity index (χ1) is 14.1. The normalized spacial score (nSPS) is 14.8. The van der Waals surface area contributed by atoms with Crippen LogP contribution in [-0.4, -0.2) is 62.3 Å². The van der Waals surface area contributed by atoms with Gasteiger partial charge in [0.25, 0.3) is 5.91 Å². The van der Waals surface area contributed by atoms with Crippen LogP contribution in [0.5, 0.6) is 5.75 Å². The lowest BCUT2D eigenvalue weighted by atomic mass is 10.2. The third kappa shape index (κ3) is 4.78. The van der Waals surface area contributed by atoms with Gasteiger partial charge in [0.1, 0.15) is 5.75 Å². The fraction of sp³-hybridized carbons (Fsp3) is 0.333. The standard InChI is InChI=1S/C21H22BrN3O3S/c1-27-17-6-7-19-18(14-17)23-21(29-19)25(9-8-24-10-12-28-13-11-24)20(26)15-2-4-16(22)5-3-15/h2-7,14H,8-13H2,1H3. The molecule has 0 spiro atoms. The van der Waals surface area contributed by atoms with Gasteiger partial charge < -0.3 is 9.47 Å². The molecule has 1 fully saturated rings. The van der Waals surface area contributed by atoms with Crippen molar-refractivity contribution in [3.05, 3.63) is 52.5 Å². The number of carbonyl (C=O) groups excluding carboxylic acids is 1. The average molecular weight is 476 g/mol. The number of benzene rings is 2. The molecule has 152 valence electrons. The Hall–Kier alpha value is -2.00. The molecule has 0 N–H and O–H groups in total. The minimum Gasteiger partial charge on any atom is -0.497 e. The lowest BCUT2D eigenvalue weighted by molar-refractivity contribution is 0.0391. The molecule has 29 heavy (non-hydrogen) atoms. The number of nitrogens with zero attached hydrogens (tertiary/aromatic N) is 3. The first-order valence-corrected chi connectivity index (χ1v) is 11.1. The Bertz CT molecular complexity index is 987. The predicted molar refractivity (Wildman–Crippen MR) is 119 cm³/mol. The number of hydrogen-bond acceptors (Lipinski definition) is 6. The van der Waals surface area contributed by atoms with Crippen molar-refractivity contribution in [2.75, 3.05) is 51.4 Å². The molecular formula is C21H22BrN3O3S. The number of methoxy groups -OCH3 is 1. The van der Waals surface area contributed by atoms with Gasteiger partial charge in [-0.15, -0.1) is 0 Å². The summed E-state index contributed by atoms with van der Waals surface area (Å²) in [6.07, 6.45) is 0. The molecule has 0 atom stereocenters. The van der Waals surface area contributed by atoms with Crippen molar-refractivity contribution in [2.24, 2.45) is 0 Å². The zero-order valence-corrected chi connectivity index (χ0v) is 18.5. The average Bonchev–Trinajstić information content (AvgIpc) is 3.17. The molecular weight excluding hydrogens is 454 g/mol. The van der Waals surface area contributed by atoms with Gasteiger partial charge in [0.2, 0.25) is 0 Å².